The van der Waals surface area contributed by atoms with Crippen LogP contribution in [-0.2, 0) is 0 Å². The molecule has 5 N–H and O–H groups in total. The standard InChI is InChI=1S/C17H14F3N3/c1-9(21)12-3-2-4-13(19)14(12)17(23)15(20)16(22)10-5-7-11(18)8-6-10/h2-8,22H,1,21,23H2. The maximum Gasteiger partial charge on any atom is 0.172 e. The highest BCUT2D eigenvalue weighted by atomic mass is 19.1. The van der Waals surface area contributed by atoms with Crippen molar-refractivity contribution in [2.24, 2.45) is 11.5 Å². The van der Waals surface area contributed by atoms with Crippen molar-refractivity contribution in [3.63, 3.8) is 0 Å². The Labute approximate surface area is 131 Å². The molecule has 23 heavy (non-hydrogen) atoms. The normalized spacial score (nSPS) is 11.8. The van der Waals surface area contributed by atoms with Crippen molar-refractivity contribution in [2.45, 2.75) is 0 Å². The zero-order valence-corrected chi connectivity index (χ0v) is 12.0. The molecule has 0 aliphatic rings. The third kappa shape index (κ3) is 3.26. The Morgan fingerprint density at radius 1 is 1.00 bits per heavy atom. The quantitative estimate of drug-likeness (QED) is 0.754. The fraction of sp³-hybridized carbons (Fsp3) is 0. The highest BCUT2D eigenvalue weighted by Gasteiger charge is 2.19. The molecule has 0 unspecified atom stereocenters. The largest absolute Gasteiger partial charge is 0.399 e. The number of nitrogens with two attached hydrogens (primary N) is 2. The summed E-state index contributed by atoms with van der Waals surface area (Å²) in [5.74, 6) is -2.44. The van der Waals surface area contributed by atoms with Gasteiger partial charge in [-0.2, -0.15) is 0 Å². The zero-order valence-electron chi connectivity index (χ0n) is 12.0. The average Bonchev–Trinajstić information content (AvgIpc) is 2.53. The second kappa shape index (κ2) is 6.39. The van der Waals surface area contributed by atoms with Crippen LogP contribution in [0.5, 0.6) is 0 Å². The van der Waals surface area contributed by atoms with Crippen molar-refractivity contribution < 1.29 is 13.2 Å². The summed E-state index contributed by atoms with van der Waals surface area (Å²) in [5, 5.41) is 7.82. The highest BCUT2D eigenvalue weighted by Crippen LogP contribution is 2.26. The molecule has 0 aliphatic carbocycles. The van der Waals surface area contributed by atoms with Crippen molar-refractivity contribution in [1.82, 2.24) is 0 Å². The van der Waals surface area contributed by atoms with Crippen molar-refractivity contribution in [3.05, 3.63) is 83.2 Å². The van der Waals surface area contributed by atoms with E-state index >= 15 is 0 Å². The van der Waals surface area contributed by atoms with Crippen LogP contribution in [0.3, 0.4) is 0 Å². The van der Waals surface area contributed by atoms with Crippen molar-refractivity contribution in [2.75, 3.05) is 0 Å². The van der Waals surface area contributed by atoms with Gasteiger partial charge in [-0.3, -0.25) is 5.41 Å². The Bertz CT molecular complexity index is 808. The van der Waals surface area contributed by atoms with E-state index in [1.54, 1.807) is 0 Å². The third-order valence-electron chi connectivity index (χ3n) is 3.22. The molecule has 0 amide bonds. The van der Waals surface area contributed by atoms with Crippen LogP contribution in [0.4, 0.5) is 13.2 Å². The second-order valence-electron chi connectivity index (χ2n) is 4.80. The van der Waals surface area contributed by atoms with E-state index in [2.05, 4.69) is 6.58 Å². The predicted octanol–water partition coefficient (Wildman–Crippen LogP) is 3.56. The van der Waals surface area contributed by atoms with Crippen molar-refractivity contribution in [3.8, 4) is 0 Å². The van der Waals surface area contributed by atoms with E-state index in [9.17, 15) is 13.2 Å². The Hall–Kier alpha value is -3.02. The molecule has 3 nitrogen and oxygen atoms in total. The lowest BCUT2D eigenvalue weighted by Gasteiger charge is -2.12. The Morgan fingerprint density at radius 3 is 2.17 bits per heavy atom. The predicted molar refractivity (Wildman–Crippen MR) is 85.1 cm³/mol. The molecule has 0 spiro atoms. The van der Waals surface area contributed by atoms with Crippen LogP contribution in [-0.4, -0.2) is 5.71 Å². The third-order valence-corrected chi connectivity index (χ3v) is 3.22. The summed E-state index contributed by atoms with van der Waals surface area (Å²) >= 11 is 0. The van der Waals surface area contributed by atoms with Gasteiger partial charge in [-0.15, -0.1) is 0 Å². The molecule has 0 fully saturated rings. The molecular weight excluding hydrogens is 303 g/mol. The van der Waals surface area contributed by atoms with Gasteiger partial charge < -0.3 is 11.5 Å². The molecule has 0 aliphatic heterocycles. The van der Waals surface area contributed by atoms with E-state index in [0.29, 0.717) is 0 Å². The van der Waals surface area contributed by atoms with E-state index < -0.39 is 28.9 Å². The second-order valence-corrected chi connectivity index (χ2v) is 4.80. The molecule has 0 bridgehead atoms. The van der Waals surface area contributed by atoms with Crippen LogP contribution in [0.15, 0.2) is 54.9 Å². The van der Waals surface area contributed by atoms with Gasteiger partial charge in [0, 0.05) is 22.4 Å². The van der Waals surface area contributed by atoms with Crippen molar-refractivity contribution >= 4 is 17.1 Å². The lowest BCUT2D eigenvalue weighted by molar-refractivity contribution is 0.620. The molecule has 0 radical (unpaired) electrons. The molecule has 6 heteroatoms. The van der Waals surface area contributed by atoms with E-state index in [-0.39, 0.29) is 22.4 Å². The highest BCUT2D eigenvalue weighted by molar-refractivity contribution is 6.13. The summed E-state index contributed by atoms with van der Waals surface area (Å²) in [7, 11) is 0. The number of rotatable bonds is 4. The van der Waals surface area contributed by atoms with Crippen LogP contribution < -0.4 is 11.5 Å². The molecule has 2 aromatic rings. The van der Waals surface area contributed by atoms with Gasteiger partial charge in [0.2, 0.25) is 0 Å². The fourth-order valence-corrected chi connectivity index (χ4v) is 2.05. The maximum atomic E-state index is 14.5. The monoisotopic (exact) mass is 317 g/mol. The van der Waals surface area contributed by atoms with Crippen LogP contribution in [0.2, 0.25) is 0 Å². The minimum absolute atomic E-state index is 0.0172. The van der Waals surface area contributed by atoms with E-state index in [0.717, 1.165) is 18.2 Å². The number of hydrogen-bond acceptors (Lipinski definition) is 3. The van der Waals surface area contributed by atoms with Gasteiger partial charge in [-0.25, -0.2) is 13.2 Å². The van der Waals surface area contributed by atoms with Gasteiger partial charge >= 0.3 is 0 Å². The number of allylic oxidation sites excluding steroid dienone is 1. The molecule has 0 saturated carbocycles. The van der Waals surface area contributed by atoms with Crippen LogP contribution in [0.25, 0.3) is 11.4 Å². The Morgan fingerprint density at radius 2 is 1.61 bits per heavy atom. The molecule has 0 atom stereocenters. The molecule has 2 aromatic carbocycles. The molecule has 0 aromatic heterocycles. The number of halogens is 3. The van der Waals surface area contributed by atoms with Gasteiger partial charge in [0.15, 0.2) is 5.83 Å². The average molecular weight is 317 g/mol. The zero-order chi connectivity index (χ0) is 17.1. The summed E-state index contributed by atoms with van der Waals surface area (Å²) in [6.45, 7) is 3.50. The van der Waals surface area contributed by atoms with Crippen LogP contribution in [0, 0.1) is 17.0 Å². The fourth-order valence-electron chi connectivity index (χ4n) is 2.05. The smallest absolute Gasteiger partial charge is 0.172 e. The van der Waals surface area contributed by atoms with E-state index in [1.165, 1.54) is 24.3 Å². The lowest BCUT2D eigenvalue weighted by Crippen LogP contribution is -2.12. The van der Waals surface area contributed by atoms with Crippen LogP contribution in [0.1, 0.15) is 16.7 Å². The lowest BCUT2D eigenvalue weighted by atomic mass is 9.99. The van der Waals surface area contributed by atoms with Gasteiger partial charge in [0.05, 0.1) is 11.4 Å². The van der Waals surface area contributed by atoms with Gasteiger partial charge in [0.25, 0.3) is 0 Å². The SMILES string of the molecule is C=C(N)c1cccc(F)c1C(N)=C(F)C(=N)c1ccc(F)cc1. The topological polar surface area (TPSA) is 75.9 Å². The van der Waals surface area contributed by atoms with Gasteiger partial charge in [-0.1, -0.05) is 18.7 Å². The molecule has 0 saturated heterocycles. The molecule has 2 rings (SSSR count). The Balaban J connectivity index is 2.55. The van der Waals surface area contributed by atoms with Crippen molar-refractivity contribution in [1.29, 1.82) is 5.41 Å². The molecule has 118 valence electrons. The first-order chi connectivity index (χ1) is 10.8. The first-order valence-electron chi connectivity index (χ1n) is 6.56. The first kappa shape index (κ1) is 16.4. The minimum atomic E-state index is -1.13. The van der Waals surface area contributed by atoms with E-state index in [1.807, 2.05) is 0 Å². The summed E-state index contributed by atoms with van der Waals surface area (Å²) < 4.78 is 41.4. The van der Waals surface area contributed by atoms with E-state index in [4.69, 9.17) is 16.9 Å². The number of hydrogen-bond donors (Lipinski definition) is 3. The summed E-state index contributed by atoms with van der Waals surface area (Å²) in [6.07, 6.45) is 0. The molecule has 0 heterocycles. The van der Waals surface area contributed by atoms with Crippen LogP contribution >= 0.6 is 0 Å². The maximum absolute atomic E-state index is 14.5. The summed E-state index contributed by atoms with van der Waals surface area (Å²) in [6, 6.07) is 8.57. The number of nitrogens with one attached hydrogen (secondary N) is 1. The first-order valence-corrected chi connectivity index (χ1v) is 6.56. The summed E-state index contributed by atoms with van der Waals surface area (Å²) in [5.41, 5.74) is 10.1. The van der Waals surface area contributed by atoms with Gasteiger partial charge in [-0.05, 0) is 30.3 Å². The summed E-state index contributed by atoms with van der Waals surface area (Å²) in [4.78, 5) is 0. The molecular formula is C17H14F3N3. The van der Waals surface area contributed by atoms with Gasteiger partial charge in [0.1, 0.15) is 11.6 Å². The Kier molecular flexibility index (Phi) is 4.55. The minimum Gasteiger partial charge on any atom is -0.399 e. The number of benzene rings is 2.